The lowest BCUT2D eigenvalue weighted by molar-refractivity contribution is 0.261. The third-order valence-corrected chi connectivity index (χ3v) is 5.08. The van der Waals surface area contributed by atoms with Gasteiger partial charge in [0.1, 0.15) is 0 Å². The molecule has 1 aliphatic rings. The van der Waals surface area contributed by atoms with Crippen molar-refractivity contribution in [3.63, 3.8) is 0 Å². The van der Waals surface area contributed by atoms with Crippen molar-refractivity contribution in [3.05, 3.63) is 28.2 Å². The van der Waals surface area contributed by atoms with Crippen molar-refractivity contribution in [1.29, 1.82) is 0 Å². The Balaban J connectivity index is 2.04. The highest BCUT2D eigenvalue weighted by molar-refractivity contribution is 9.10. The molecule has 3 unspecified atom stereocenters. The van der Waals surface area contributed by atoms with E-state index in [1.165, 1.54) is 35.0 Å². The van der Waals surface area contributed by atoms with E-state index in [9.17, 15) is 0 Å². The minimum atomic E-state index is 0.647. The van der Waals surface area contributed by atoms with Crippen molar-refractivity contribution in [2.24, 2.45) is 11.8 Å². The minimum absolute atomic E-state index is 0.647. The van der Waals surface area contributed by atoms with Crippen LogP contribution in [0.15, 0.2) is 22.7 Å². The highest BCUT2D eigenvalue weighted by atomic mass is 79.9. The first-order chi connectivity index (χ1) is 8.08. The molecule has 1 aliphatic carbocycles. The maximum atomic E-state index is 3.71. The molecule has 2 rings (SSSR count). The fourth-order valence-electron chi connectivity index (χ4n) is 2.66. The summed E-state index contributed by atoms with van der Waals surface area (Å²) in [6, 6.07) is 7.04. The van der Waals surface area contributed by atoms with Gasteiger partial charge in [-0.15, -0.1) is 0 Å². The second-order valence-electron chi connectivity index (χ2n) is 5.52. The molecular weight excluding hydrogens is 274 g/mol. The molecule has 94 valence electrons. The van der Waals surface area contributed by atoms with E-state index < -0.39 is 0 Å². The van der Waals surface area contributed by atoms with Gasteiger partial charge in [0, 0.05) is 16.2 Å². The predicted octanol–water partition coefficient (Wildman–Crippen LogP) is 4.99. The second kappa shape index (κ2) is 5.43. The van der Waals surface area contributed by atoms with Crippen molar-refractivity contribution in [3.8, 4) is 0 Å². The molecule has 1 N–H and O–H groups in total. The molecule has 0 amide bonds. The van der Waals surface area contributed by atoms with Gasteiger partial charge in [-0.1, -0.05) is 35.8 Å². The minimum Gasteiger partial charge on any atom is -0.382 e. The van der Waals surface area contributed by atoms with Gasteiger partial charge < -0.3 is 5.32 Å². The molecule has 0 aliphatic heterocycles. The number of halogens is 1. The van der Waals surface area contributed by atoms with E-state index in [0.717, 1.165) is 11.8 Å². The van der Waals surface area contributed by atoms with Crippen LogP contribution in [0.2, 0.25) is 0 Å². The summed E-state index contributed by atoms with van der Waals surface area (Å²) in [5.41, 5.74) is 2.60. The summed E-state index contributed by atoms with van der Waals surface area (Å²) in [4.78, 5) is 0. The Morgan fingerprint density at radius 3 is 2.65 bits per heavy atom. The topological polar surface area (TPSA) is 12.0 Å². The standard InChI is InChI=1S/C15H22BrN/c1-10-7-8-13(9-11(10)2)17-15-6-4-5-14(16)12(15)3/h4-6,10-11,13,17H,7-9H2,1-3H3. The van der Waals surface area contributed by atoms with Gasteiger partial charge in [0.2, 0.25) is 0 Å². The van der Waals surface area contributed by atoms with Gasteiger partial charge in [0.05, 0.1) is 0 Å². The van der Waals surface area contributed by atoms with Crippen molar-refractivity contribution in [2.75, 3.05) is 5.32 Å². The van der Waals surface area contributed by atoms with E-state index in [0.29, 0.717) is 6.04 Å². The van der Waals surface area contributed by atoms with Crippen LogP contribution in [0.25, 0.3) is 0 Å². The highest BCUT2D eigenvalue weighted by Crippen LogP contribution is 2.32. The molecule has 1 nitrogen and oxygen atoms in total. The number of nitrogens with one attached hydrogen (secondary N) is 1. The number of anilines is 1. The first-order valence-corrected chi connectivity index (χ1v) is 7.39. The molecule has 2 heteroatoms. The van der Waals surface area contributed by atoms with E-state index in [-0.39, 0.29) is 0 Å². The summed E-state index contributed by atoms with van der Waals surface area (Å²) < 4.78 is 1.19. The molecule has 0 heterocycles. The smallest absolute Gasteiger partial charge is 0.0383 e. The van der Waals surface area contributed by atoms with Gasteiger partial charge in [0.25, 0.3) is 0 Å². The highest BCUT2D eigenvalue weighted by Gasteiger charge is 2.24. The first-order valence-electron chi connectivity index (χ1n) is 6.59. The largest absolute Gasteiger partial charge is 0.382 e. The zero-order chi connectivity index (χ0) is 12.4. The van der Waals surface area contributed by atoms with Crippen LogP contribution in [-0.4, -0.2) is 6.04 Å². The molecule has 17 heavy (non-hydrogen) atoms. The zero-order valence-corrected chi connectivity index (χ0v) is 12.5. The summed E-state index contributed by atoms with van der Waals surface area (Å²) >= 11 is 3.59. The SMILES string of the molecule is Cc1c(Br)cccc1NC1CCC(C)C(C)C1. The molecule has 0 radical (unpaired) electrons. The van der Waals surface area contributed by atoms with Crippen molar-refractivity contribution in [2.45, 2.75) is 46.1 Å². The normalized spacial score (nSPS) is 29.1. The van der Waals surface area contributed by atoms with E-state index in [1.807, 2.05) is 0 Å². The van der Waals surface area contributed by atoms with Crippen LogP contribution in [0, 0.1) is 18.8 Å². The molecule has 0 saturated heterocycles. The van der Waals surface area contributed by atoms with Gasteiger partial charge in [-0.05, 0) is 55.7 Å². The van der Waals surface area contributed by atoms with E-state index >= 15 is 0 Å². The van der Waals surface area contributed by atoms with Crippen LogP contribution in [0.3, 0.4) is 0 Å². The lowest BCUT2D eigenvalue weighted by Gasteiger charge is -2.33. The van der Waals surface area contributed by atoms with Crippen LogP contribution in [0.5, 0.6) is 0 Å². The molecular formula is C15H22BrN. The second-order valence-corrected chi connectivity index (χ2v) is 6.38. The maximum Gasteiger partial charge on any atom is 0.0383 e. The predicted molar refractivity (Wildman–Crippen MR) is 78.5 cm³/mol. The number of rotatable bonds is 2. The Bertz CT molecular complexity index is 389. The molecule has 0 aromatic heterocycles. The third kappa shape index (κ3) is 3.04. The quantitative estimate of drug-likeness (QED) is 0.810. The Hall–Kier alpha value is -0.500. The van der Waals surface area contributed by atoms with Crippen molar-refractivity contribution >= 4 is 21.6 Å². The fraction of sp³-hybridized carbons (Fsp3) is 0.600. The molecule has 3 atom stereocenters. The van der Waals surface area contributed by atoms with Gasteiger partial charge in [-0.25, -0.2) is 0 Å². The summed E-state index contributed by atoms with van der Waals surface area (Å²) in [7, 11) is 0. The van der Waals surface area contributed by atoms with Crippen LogP contribution in [0.4, 0.5) is 5.69 Å². The summed E-state index contributed by atoms with van der Waals surface area (Å²) in [5.74, 6) is 1.73. The Morgan fingerprint density at radius 2 is 1.94 bits per heavy atom. The molecule has 1 aromatic carbocycles. The van der Waals surface area contributed by atoms with Gasteiger partial charge in [-0.3, -0.25) is 0 Å². The molecule has 1 aromatic rings. The average Bonchev–Trinajstić information content (AvgIpc) is 2.30. The van der Waals surface area contributed by atoms with Crippen LogP contribution in [-0.2, 0) is 0 Å². The lowest BCUT2D eigenvalue weighted by Crippen LogP contribution is -2.30. The van der Waals surface area contributed by atoms with E-state index in [2.05, 4.69) is 60.2 Å². The average molecular weight is 296 g/mol. The third-order valence-electron chi connectivity index (χ3n) is 4.23. The summed E-state index contributed by atoms with van der Waals surface area (Å²) in [6.07, 6.45) is 3.95. The Labute approximate surface area is 113 Å². The Kier molecular flexibility index (Phi) is 4.13. The van der Waals surface area contributed by atoms with Gasteiger partial charge in [0.15, 0.2) is 0 Å². The van der Waals surface area contributed by atoms with Crippen LogP contribution >= 0.6 is 15.9 Å². The maximum absolute atomic E-state index is 3.71. The van der Waals surface area contributed by atoms with Crippen molar-refractivity contribution < 1.29 is 0 Å². The number of benzene rings is 1. The van der Waals surface area contributed by atoms with Gasteiger partial charge in [-0.2, -0.15) is 0 Å². The van der Waals surface area contributed by atoms with Crippen LogP contribution in [0.1, 0.15) is 38.7 Å². The van der Waals surface area contributed by atoms with Gasteiger partial charge >= 0.3 is 0 Å². The molecule has 0 bridgehead atoms. The molecule has 0 spiro atoms. The molecule has 1 fully saturated rings. The zero-order valence-electron chi connectivity index (χ0n) is 11.0. The Morgan fingerprint density at radius 1 is 1.18 bits per heavy atom. The summed E-state index contributed by atoms with van der Waals surface area (Å²) in [6.45, 7) is 6.93. The van der Waals surface area contributed by atoms with E-state index in [4.69, 9.17) is 0 Å². The monoisotopic (exact) mass is 295 g/mol. The van der Waals surface area contributed by atoms with Crippen LogP contribution < -0.4 is 5.32 Å². The number of hydrogen-bond donors (Lipinski definition) is 1. The fourth-order valence-corrected chi connectivity index (χ4v) is 3.03. The van der Waals surface area contributed by atoms with Crippen molar-refractivity contribution in [1.82, 2.24) is 0 Å². The lowest BCUT2D eigenvalue weighted by atomic mass is 9.79. The molecule has 1 saturated carbocycles. The van der Waals surface area contributed by atoms with E-state index in [1.54, 1.807) is 0 Å². The number of hydrogen-bond acceptors (Lipinski definition) is 1. The summed E-state index contributed by atoms with van der Waals surface area (Å²) in [5, 5.41) is 3.71. The first kappa shape index (κ1) is 12.9.